The van der Waals surface area contributed by atoms with E-state index in [1.54, 1.807) is 36.4 Å². The lowest BCUT2D eigenvalue weighted by Crippen LogP contribution is -2.53. The number of sulfonamides is 1. The van der Waals surface area contributed by atoms with Crippen LogP contribution in [0, 0.1) is 0 Å². The Hall–Kier alpha value is -2.78. The molecular weight excluding hydrogens is 462 g/mol. The highest BCUT2D eigenvalue weighted by atomic mass is 35.5. The Balaban J connectivity index is 1.30. The Morgan fingerprint density at radius 1 is 0.818 bits per heavy atom. The van der Waals surface area contributed by atoms with Crippen molar-refractivity contribution in [2.24, 2.45) is 0 Å². The van der Waals surface area contributed by atoms with E-state index in [-0.39, 0.29) is 36.2 Å². The molecule has 2 fully saturated rings. The molecule has 2 heterocycles. The maximum absolute atomic E-state index is 13.2. The number of fused-ring (bicyclic) bond motifs is 1. The smallest absolute Gasteiger partial charge is 0.251 e. The van der Waals surface area contributed by atoms with Crippen molar-refractivity contribution in [3.05, 3.63) is 71.8 Å². The lowest BCUT2D eigenvalue weighted by atomic mass is 10.1. The molecule has 0 aliphatic carbocycles. The lowest BCUT2D eigenvalue weighted by Gasteiger charge is -2.36. The van der Waals surface area contributed by atoms with Crippen LogP contribution in [0.2, 0.25) is 5.02 Å². The Kier molecular flexibility index (Phi) is 5.70. The number of nitrogens with zero attached hydrogens (tertiary/aromatic N) is 3. The fraction of sp³-hybridized carbons (Fsp3) is 0.250. The monoisotopic (exact) mass is 483 g/mol. The maximum atomic E-state index is 13.2. The quantitative estimate of drug-likeness (QED) is 0.533. The van der Waals surface area contributed by atoms with Crippen LogP contribution in [0.4, 0.5) is 5.69 Å². The van der Waals surface area contributed by atoms with Crippen molar-refractivity contribution >= 4 is 49.9 Å². The summed E-state index contributed by atoms with van der Waals surface area (Å²) in [4.78, 5) is 29.0. The minimum absolute atomic E-state index is 0.0570. The summed E-state index contributed by atoms with van der Waals surface area (Å²) in [6.07, 6.45) is 0.0570. The molecule has 2 aliphatic heterocycles. The molecule has 7 nitrogen and oxygen atoms in total. The van der Waals surface area contributed by atoms with Crippen molar-refractivity contribution in [2.45, 2.75) is 17.4 Å². The van der Waals surface area contributed by atoms with Crippen LogP contribution in [0.15, 0.2) is 71.6 Å². The molecule has 9 heteroatoms. The standard InChI is InChI=1S/C24H22ClN3O4S/c25-20-7-3-4-8-21(20)28-23(29)16-22(24(28)30)26-11-13-27(14-12-26)33(31,32)19-10-9-17-5-1-2-6-18(17)15-19/h1-10,15,22H,11-14,16H2/t22-/m1/s1. The zero-order valence-corrected chi connectivity index (χ0v) is 19.3. The topological polar surface area (TPSA) is 78.0 Å². The third-order valence-electron chi connectivity index (χ3n) is 6.29. The number of anilines is 1. The average Bonchev–Trinajstić information content (AvgIpc) is 3.13. The molecule has 2 amide bonds. The third kappa shape index (κ3) is 3.93. The molecule has 0 spiro atoms. The Bertz CT molecular complexity index is 1350. The van der Waals surface area contributed by atoms with E-state index in [1.165, 1.54) is 4.31 Å². The average molecular weight is 484 g/mol. The summed E-state index contributed by atoms with van der Waals surface area (Å²) in [6, 6.07) is 18.9. The van der Waals surface area contributed by atoms with Crippen molar-refractivity contribution < 1.29 is 18.0 Å². The number of amides is 2. The molecule has 2 aliphatic rings. The molecule has 5 rings (SSSR count). The summed E-state index contributed by atoms with van der Waals surface area (Å²) >= 11 is 6.20. The Labute approximate surface area is 197 Å². The minimum atomic E-state index is -3.66. The van der Waals surface area contributed by atoms with E-state index >= 15 is 0 Å². The van der Waals surface area contributed by atoms with Crippen LogP contribution >= 0.6 is 11.6 Å². The lowest BCUT2D eigenvalue weighted by molar-refractivity contribution is -0.123. The predicted molar refractivity (Wildman–Crippen MR) is 127 cm³/mol. The van der Waals surface area contributed by atoms with Crippen LogP contribution in [-0.4, -0.2) is 61.7 Å². The second kappa shape index (κ2) is 8.53. The number of rotatable bonds is 4. The van der Waals surface area contributed by atoms with E-state index in [9.17, 15) is 18.0 Å². The summed E-state index contributed by atoms with van der Waals surface area (Å²) in [5.74, 6) is -0.622. The van der Waals surface area contributed by atoms with E-state index in [2.05, 4.69) is 0 Å². The van der Waals surface area contributed by atoms with Gasteiger partial charge in [0, 0.05) is 26.2 Å². The number of benzene rings is 3. The number of hydrogen-bond donors (Lipinski definition) is 0. The van der Waals surface area contributed by atoms with Gasteiger partial charge in [-0.05, 0) is 35.0 Å². The minimum Gasteiger partial charge on any atom is -0.289 e. The third-order valence-corrected chi connectivity index (χ3v) is 8.50. The summed E-state index contributed by atoms with van der Waals surface area (Å²) < 4.78 is 27.9. The highest BCUT2D eigenvalue weighted by Crippen LogP contribution is 2.32. The molecule has 2 saturated heterocycles. The van der Waals surface area contributed by atoms with Crippen LogP contribution in [0.25, 0.3) is 10.8 Å². The first-order valence-electron chi connectivity index (χ1n) is 10.7. The van der Waals surface area contributed by atoms with Gasteiger partial charge in [0.15, 0.2) is 0 Å². The summed E-state index contributed by atoms with van der Waals surface area (Å²) in [7, 11) is -3.66. The van der Waals surface area contributed by atoms with E-state index in [4.69, 9.17) is 11.6 Å². The van der Waals surface area contributed by atoms with Gasteiger partial charge in [-0.15, -0.1) is 0 Å². The number of piperazine rings is 1. The molecule has 1 atom stereocenters. The molecule has 0 unspecified atom stereocenters. The van der Waals surface area contributed by atoms with Crippen LogP contribution in [-0.2, 0) is 19.6 Å². The van der Waals surface area contributed by atoms with Gasteiger partial charge >= 0.3 is 0 Å². The molecule has 0 bridgehead atoms. The van der Waals surface area contributed by atoms with Crippen molar-refractivity contribution in [3.8, 4) is 0 Å². The van der Waals surface area contributed by atoms with Gasteiger partial charge in [0.1, 0.15) is 0 Å². The number of halogens is 1. The molecule has 170 valence electrons. The van der Waals surface area contributed by atoms with Gasteiger partial charge in [-0.25, -0.2) is 13.3 Å². The first-order valence-corrected chi connectivity index (χ1v) is 12.5. The van der Waals surface area contributed by atoms with Crippen LogP contribution in [0.5, 0.6) is 0 Å². The fourth-order valence-electron chi connectivity index (χ4n) is 4.52. The van der Waals surface area contributed by atoms with Gasteiger partial charge in [-0.2, -0.15) is 4.31 Å². The largest absolute Gasteiger partial charge is 0.289 e. The normalized spacial score (nSPS) is 20.6. The Morgan fingerprint density at radius 3 is 2.21 bits per heavy atom. The predicted octanol–water partition coefficient (Wildman–Crippen LogP) is 3.13. The number of carbonyl (C=O) groups excluding carboxylic acids is 2. The summed E-state index contributed by atoms with van der Waals surface area (Å²) in [5.41, 5.74) is 0.384. The summed E-state index contributed by atoms with van der Waals surface area (Å²) in [6.45, 7) is 1.23. The SMILES string of the molecule is O=C1C[C@@H](N2CCN(S(=O)(=O)c3ccc4ccccc4c3)CC2)C(=O)N1c1ccccc1Cl. The molecule has 33 heavy (non-hydrogen) atoms. The van der Waals surface area contributed by atoms with E-state index in [0.29, 0.717) is 23.8 Å². The van der Waals surface area contributed by atoms with Crippen LogP contribution in [0.3, 0.4) is 0 Å². The summed E-state index contributed by atoms with van der Waals surface area (Å²) in [5, 5.41) is 2.19. The highest BCUT2D eigenvalue weighted by Gasteiger charge is 2.44. The molecule has 3 aromatic rings. The van der Waals surface area contributed by atoms with Crippen molar-refractivity contribution in [1.29, 1.82) is 0 Å². The van der Waals surface area contributed by atoms with Gasteiger partial charge in [0.25, 0.3) is 5.91 Å². The molecule has 0 saturated carbocycles. The molecule has 3 aromatic carbocycles. The van der Waals surface area contributed by atoms with Gasteiger partial charge in [0.2, 0.25) is 15.9 Å². The van der Waals surface area contributed by atoms with Gasteiger partial charge < -0.3 is 0 Å². The van der Waals surface area contributed by atoms with Crippen molar-refractivity contribution in [1.82, 2.24) is 9.21 Å². The molecule has 0 N–H and O–H groups in total. The van der Waals surface area contributed by atoms with Crippen LogP contribution in [0.1, 0.15) is 6.42 Å². The second-order valence-electron chi connectivity index (χ2n) is 8.19. The van der Waals surface area contributed by atoms with Crippen LogP contribution < -0.4 is 4.90 Å². The van der Waals surface area contributed by atoms with Crippen molar-refractivity contribution in [2.75, 3.05) is 31.1 Å². The first-order chi connectivity index (χ1) is 15.9. The number of imide groups is 1. The molecule has 0 aromatic heterocycles. The second-order valence-corrected chi connectivity index (χ2v) is 10.5. The van der Waals surface area contributed by atoms with Crippen molar-refractivity contribution in [3.63, 3.8) is 0 Å². The molecular formula is C24H22ClN3O4S. The zero-order chi connectivity index (χ0) is 23.2. The zero-order valence-electron chi connectivity index (χ0n) is 17.7. The van der Waals surface area contributed by atoms with E-state index in [1.807, 2.05) is 35.2 Å². The number of para-hydroxylation sites is 1. The van der Waals surface area contributed by atoms with Gasteiger partial charge in [-0.3, -0.25) is 14.5 Å². The first kappa shape index (κ1) is 22.0. The fourth-order valence-corrected chi connectivity index (χ4v) is 6.20. The van der Waals surface area contributed by atoms with Gasteiger partial charge in [0.05, 0.1) is 28.1 Å². The van der Waals surface area contributed by atoms with E-state index < -0.39 is 16.1 Å². The Morgan fingerprint density at radius 2 is 1.48 bits per heavy atom. The van der Waals surface area contributed by atoms with Gasteiger partial charge in [-0.1, -0.05) is 54.1 Å². The number of hydrogen-bond acceptors (Lipinski definition) is 5. The molecule has 0 radical (unpaired) electrons. The highest BCUT2D eigenvalue weighted by molar-refractivity contribution is 7.89. The number of carbonyl (C=O) groups is 2. The maximum Gasteiger partial charge on any atom is 0.251 e. The van der Waals surface area contributed by atoms with E-state index in [0.717, 1.165) is 15.7 Å².